The zero-order valence-electron chi connectivity index (χ0n) is 19.0. The lowest BCUT2D eigenvalue weighted by Gasteiger charge is -2.53. The number of carbonyl (C=O) groups excluding carboxylic acids is 4. The van der Waals surface area contributed by atoms with Crippen LogP contribution in [0.25, 0.3) is 0 Å². The van der Waals surface area contributed by atoms with E-state index in [0.29, 0.717) is 25.7 Å². The van der Waals surface area contributed by atoms with Crippen molar-refractivity contribution < 1.29 is 33.8 Å². The van der Waals surface area contributed by atoms with Gasteiger partial charge >= 0.3 is 11.9 Å². The van der Waals surface area contributed by atoms with Gasteiger partial charge in [0.2, 0.25) is 5.78 Å². The second-order valence-electron chi connectivity index (χ2n) is 9.90. The van der Waals surface area contributed by atoms with Crippen LogP contribution in [-0.2, 0) is 28.7 Å². The molecule has 4 aliphatic rings. The monoisotopic (exact) mass is 442 g/mol. The highest BCUT2D eigenvalue weighted by Gasteiger charge is 2.67. The fraction of sp³-hybridized carbons (Fsp3) is 0.600. The van der Waals surface area contributed by atoms with Gasteiger partial charge in [0.15, 0.2) is 18.0 Å². The van der Waals surface area contributed by atoms with Crippen molar-refractivity contribution in [3.8, 4) is 0 Å². The first kappa shape index (κ1) is 22.6. The van der Waals surface area contributed by atoms with Crippen LogP contribution in [0.2, 0.25) is 0 Å². The molecule has 1 N–H and O–H groups in total. The molecule has 7 nitrogen and oxygen atoms in total. The van der Waals surface area contributed by atoms with E-state index < -0.39 is 46.9 Å². The maximum Gasteiger partial charge on any atom is 0.303 e. The van der Waals surface area contributed by atoms with Crippen LogP contribution in [0, 0.1) is 16.7 Å². The van der Waals surface area contributed by atoms with E-state index in [0.717, 1.165) is 16.7 Å². The highest BCUT2D eigenvalue weighted by atomic mass is 16.6. The molecule has 0 unspecified atom stereocenters. The van der Waals surface area contributed by atoms with E-state index in [1.165, 1.54) is 13.8 Å². The van der Waals surface area contributed by atoms with Crippen molar-refractivity contribution in [1.29, 1.82) is 0 Å². The summed E-state index contributed by atoms with van der Waals surface area (Å²) in [6.07, 6.45) is 6.81. The molecule has 0 amide bonds. The quantitative estimate of drug-likeness (QED) is 0.527. The van der Waals surface area contributed by atoms with Gasteiger partial charge in [-0.05, 0) is 62.7 Å². The molecule has 0 saturated heterocycles. The van der Waals surface area contributed by atoms with Gasteiger partial charge in [0.05, 0.1) is 6.10 Å². The lowest BCUT2D eigenvalue weighted by Crippen LogP contribution is -2.59. The van der Waals surface area contributed by atoms with Gasteiger partial charge in [-0.1, -0.05) is 24.1 Å². The molecule has 4 rings (SSSR count). The first-order valence-electron chi connectivity index (χ1n) is 11.2. The minimum atomic E-state index is -1.46. The van der Waals surface area contributed by atoms with Crippen LogP contribution < -0.4 is 0 Å². The maximum atomic E-state index is 13.4. The SMILES string of the molecule is CC(=O)OCC(=O)[C@@]1(OC(C)=O)CC[C@H]2C3=C([C@@H](O)C[C@@]21C)[C@@]1(C)C=CC(=O)C=C1CC3. The Labute approximate surface area is 187 Å². The van der Waals surface area contributed by atoms with E-state index in [9.17, 15) is 24.3 Å². The number of ketones is 2. The highest BCUT2D eigenvalue weighted by molar-refractivity contribution is 6.01. The number of esters is 2. The molecular weight excluding hydrogens is 412 g/mol. The van der Waals surface area contributed by atoms with Gasteiger partial charge in [-0.2, -0.15) is 0 Å². The number of hydrogen-bond acceptors (Lipinski definition) is 7. The molecule has 32 heavy (non-hydrogen) atoms. The minimum Gasteiger partial charge on any atom is -0.458 e. The van der Waals surface area contributed by atoms with Gasteiger partial charge in [0, 0.05) is 24.7 Å². The number of aliphatic hydroxyl groups is 1. The Morgan fingerprint density at radius 3 is 2.53 bits per heavy atom. The molecule has 1 saturated carbocycles. The van der Waals surface area contributed by atoms with Crippen LogP contribution >= 0.6 is 0 Å². The highest BCUT2D eigenvalue weighted by Crippen LogP contribution is 2.65. The van der Waals surface area contributed by atoms with E-state index in [1.54, 1.807) is 12.2 Å². The lowest BCUT2D eigenvalue weighted by atomic mass is 9.52. The Kier molecular flexibility index (Phi) is 5.31. The summed E-state index contributed by atoms with van der Waals surface area (Å²) >= 11 is 0. The van der Waals surface area contributed by atoms with Crippen LogP contribution in [0.15, 0.2) is 34.9 Å². The lowest BCUT2D eigenvalue weighted by molar-refractivity contribution is -0.185. The van der Waals surface area contributed by atoms with Crippen molar-refractivity contribution in [2.24, 2.45) is 16.7 Å². The molecule has 0 spiro atoms. The van der Waals surface area contributed by atoms with Gasteiger partial charge in [0.25, 0.3) is 0 Å². The summed E-state index contributed by atoms with van der Waals surface area (Å²) in [7, 11) is 0. The zero-order valence-corrected chi connectivity index (χ0v) is 19.0. The maximum absolute atomic E-state index is 13.4. The summed E-state index contributed by atoms with van der Waals surface area (Å²) in [6.45, 7) is 5.96. The third kappa shape index (κ3) is 3.12. The number of allylic oxidation sites excluding steroid dienone is 5. The molecule has 0 aromatic carbocycles. The molecule has 0 aromatic rings. The Hall–Kier alpha value is -2.54. The topological polar surface area (TPSA) is 107 Å². The number of carbonyl (C=O) groups is 4. The minimum absolute atomic E-state index is 0.0394. The molecule has 0 bridgehead atoms. The summed E-state index contributed by atoms with van der Waals surface area (Å²) in [5.74, 6) is -1.71. The van der Waals surface area contributed by atoms with E-state index >= 15 is 0 Å². The van der Waals surface area contributed by atoms with Gasteiger partial charge in [-0.15, -0.1) is 0 Å². The Balaban J connectivity index is 1.80. The molecule has 0 heterocycles. The van der Waals surface area contributed by atoms with Crippen LogP contribution in [-0.4, -0.2) is 46.9 Å². The van der Waals surface area contributed by atoms with Crippen molar-refractivity contribution in [1.82, 2.24) is 0 Å². The third-order valence-electron chi connectivity index (χ3n) is 8.16. The van der Waals surface area contributed by atoms with Crippen molar-refractivity contribution in [2.45, 2.75) is 71.5 Å². The number of rotatable bonds is 4. The number of ether oxygens (including phenoxy) is 2. The molecule has 7 heteroatoms. The van der Waals surface area contributed by atoms with Crippen molar-refractivity contribution in [3.63, 3.8) is 0 Å². The smallest absolute Gasteiger partial charge is 0.303 e. The van der Waals surface area contributed by atoms with Crippen LogP contribution in [0.3, 0.4) is 0 Å². The normalized spacial score (nSPS) is 37.8. The van der Waals surface area contributed by atoms with Gasteiger partial charge in [0.1, 0.15) is 0 Å². The fourth-order valence-corrected chi connectivity index (χ4v) is 6.79. The third-order valence-corrected chi connectivity index (χ3v) is 8.16. The molecule has 5 atom stereocenters. The average Bonchev–Trinajstić information content (AvgIpc) is 2.98. The zero-order chi connectivity index (χ0) is 23.5. The second kappa shape index (κ2) is 7.51. The Bertz CT molecular complexity index is 1000. The number of fused-ring (bicyclic) bond motifs is 4. The molecule has 0 aromatic heterocycles. The van der Waals surface area contributed by atoms with Crippen LogP contribution in [0.5, 0.6) is 0 Å². The predicted molar refractivity (Wildman–Crippen MR) is 114 cm³/mol. The standard InChI is InChI=1S/C25H30O7/c1-14(26)31-13-21(30)25(32-15(2)27)10-8-19-18-6-5-16-11-17(28)7-9-23(16,3)22(18)20(29)12-24(19,25)4/h7,9,11,19-20,29H,5-6,8,10,12-13H2,1-4H3/t19-,20-,23-,24-,25-/m0/s1. The molecular formula is C25H30O7. The fourth-order valence-electron chi connectivity index (χ4n) is 6.79. The number of Topliss-reactive ketones (excluding diaryl/α,β-unsaturated/α-hetero) is 1. The van der Waals surface area contributed by atoms with Crippen LogP contribution in [0.4, 0.5) is 0 Å². The summed E-state index contributed by atoms with van der Waals surface area (Å²) in [4.78, 5) is 48.7. The summed E-state index contributed by atoms with van der Waals surface area (Å²) in [5, 5.41) is 11.4. The molecule has 172 valence electrons. The van der Waals surface area contributed by atoms with Gasteiger partial charge in [-0.25, -0.2) is 0 Å². The molecule has 0 radical (unpaired) electrons. The van der Waals surface area contributed by atoms with E-state index in [2.05, 4.69) is 0 Å². The van der Waals surface area contributed by atoms with E-state index in [4.69, 9.17) is 9.47 Å². The first-order valence-corrected chi connectivity index (χ1v) is 11.2. The Morgan fingerprint density at radius 2 is 1.88 bits per heavy atom. The van der Waals surface area contributed by atoms with Crippen molar-refractivity contribution in [2.75, 3.05) is 6.61 Å². The van der Waals surface area contributed by atoms with Crippen molar-refractivity contribution in [3.05, 3.63) is 34.9 Å². The van der Waals surface area contributed by atoms with Gasteiger partial charge in [-0.3, -0.25) is 19.2 Å². The van der Waals surface area contributed by atoms with Crippen LogP contribution in [0.1, 0.15) is 59.8 Å². The Morgan fingerprint density at radius 1 is 1.16 bits per heavy atom. The first-order chi connectivity index (χ1) is 14.9. The molecule has 1 fully saturated rings. The summed E-state index contributed by atoms with van der Waals surface area (Å²) < 4.78 is 10.7. The van der Waals surface area contributed by atoms with E-state index in [-0.39, 0.29) is 18.1 Å². The average molecular weight is 443 g/mol. The number of aliphatic hydroxyl groups excluding tert-OH is 1. The second-order valence-corrected chi connectivity index (χ2v) is 9.90. The van der Waals surface area contributed by atoms with Crippen molar-refractivity contribution >= 4 is 23.5 Å². The number of hydrogen-bond donors (Lipinski definition) is 1. The largest absolute Gasteiger partial charge is 0.458 e. The summed E-state index contributed by atoms with van der Waals surface area (Å²) in [5.41, 5.74) is 0.179. The predicted octanol–water partition coefficient (Wildman–Crippen LogP) is 2.76. The summed E-state index contributed by atoms with van der Waals surface area (Å²) in [6, 6.07) is 0. The van der Waals surface area contributed by atoms with Gasteiger partial charge < -0.3 is 14.6 Å². The van der Waals surface area contributed by atoms with E-state index in [1.807, 2.05) is 19.9 Å². The molecule has 4 aliphatic carbocycles. The molecule has 0 aliphatic heterocycles.